The third-order valence-corrected chi connectivity index (χ3v) is 2.85. The number of hydrogen-bond acceptors (Lipinski definition) is 3. The Kier molecular flexibility index (Phi) is 3.19. The van der Waals surface area contributed by atoms with E-state index in [2.05, 4.69) is 10.6 Å². The summed E-state index contributed by atoms with van der Waals surface area (Å²) in [7, 11) is 0. The van der Waals surface area contributed by atoms with E-state index in [0.29, 0.717) is 18.5 Å². The summed E-state index contributed by atoms with van der Waals surface area (Å²) >= 11 is 5.64. The zero-order valence-electron chi connectivity index (χ0n) is 8.87. The fourth-order valence-electron chi connectivity index (χ4n) is 1.63. The monoisotopic (exact) mass is 254 g/mol. The number of carbonyl (C=O) groups is 2. The van der Waals surface area contributed by atoms with Crippen molar-refractivity contribution in [1.29, 1.82) is 0 Å². The molecule has 1 heterocycles. The summed E-state index contributed by atoms with van der Waals surface area (Å²) in [5.74, 6) is -0.512. The van der Waals surface area contributed by atoms with E-state index in [0.717, 1.165) is 0 Å². The molecule has 2 rings (SSSR count). The van der Waals surface area contributed by atoms with Gasteiger partial charge in [-0.2, -0.15) is 0 Å². The van der Waals surface area contributed by atoms with E-state index < -0.39 is 6.04 Å². The Balaban J connectivity index is 2.03. The van der Waals surface area contributed by atoms with E-state index in [4.69, 9.17) is 11.6 Å². The first-order chi connectivity index (χ1) is 8.06. The topological polar surface area (TPSA) is 78.4 Å². The average Bonchev–Trinajstić information content (AvgIpc) is 2.70. The first kappa shape index (κ1) is 11.7. The van der Waals surface area contributed by atoms with E-state index in [9.17, 15) is 14.7 Å². The normalized spacial score (nSPS) is 18.9. The zero-order chi connectivity index (χ0) is 12.4. The molecule has 3 N–H and O–H groups in total. The number of amides is 2. The molecule has 0 spiro atoms. The molecule has 1 fully saturated rings. The number of benzene rings is 1. The third kappa shape index (κ3) is 2.68. The molecule has 1 atom stereocenters. The van der Waals surface area contributed by atoms with Gasteiger partial charge < -0.3 is 15.7 Å². The fourth-order valence-corrected chi connectivity index (χ4v) is 1.75. The summed E-state index contributed by atoms with van der Waals surface area (Å²) in [6.45, 7) is 0. The first-order valence-corrected chi connectivity index (χ1v) is 5.53. The van der Waals surface area contributed by atoms with Crippen molar-refractivity contribution in [3.63, 3.8) is 0 Å². The molecule has 0 unspecified atom stereocenters. The largest absolute Gasteiger partial charge is 0.506 e. The second-order valence-electron chi connectivity index (χ2n) is 3.81. The van der Waals surface area contributed by atoms with Crippen LogP contribution in [-0.2, 0) is 9.59 Å². The molecular weight excluding hydrogens is 244 g/mol. The van der Waals surface area contributed by atoms with Gasteiger partial charge in [0.05, 0.1) is 5.02 Å². The zero-order valence-corrected chi connectivity index (χ0v) is 9.62. The molecule has 6 heteroatoms. The Labute approximate surface area is 103 Å². The highest BCUT2D eigenvalue weighted by Crippen LogP contribution is 2.26. The molecule has 0 aliphatic carbocycles. The van der Waals surface area contributed by atoms with Crippen LogP contribution in [0.3, 0.4) is 0 Å². The molecule has 90 valence electrons. The number of halogens is 1. The van der Waals surface area contributed by atoms with Gasteiger partial charge >= 0.3 is 0 Å². The molecule has 0 bridgehead atoms. The average molecular weight is 255 g/mol. The van der Waals surface area contributed by atoms with Crippen molar-refractivity contribution >= 4 is 29.1 Å². The van der Waals surface area contributed by atoms with Gasteiger partial charge in [0.2, 0.25) is 11.8 Å². The van der Waals surface area contributed by atoms with Crippen LogP contribution in [0.1, 0.15) is 12.8 Å². The third-order valence-electron chi connectivity index (χ3n) is 2.53. The van der Waals surface area contributed by atoms with E-state index in [1.807, 2.05) is 0 Å². The van der Waals surface area contributed by atoms with Crippen molar-refractivity contribution in [3.8, 4) is 5.75 Å². The van der Waals surface area contributed by atoms with Gasteiger partial charge in [-0.05, 0) is 18.6 Å². The highest BCUT2D eigenvalue weighted by atomic mass is 35.5. The van der Waals surface area contributed by atoms with Crippen molar-refractivity contribution in [1.82, 2.24) is 5.32 Å². The fraction of sp³-hybridized carbons (Fsp3) is 0.273. The van der Waals surface area contributed by atoms with Crippen LogP contribution >= 0.6 is 11.6 Å². The van der Waals surface area contributed by atoms with E-state index in [1.165, 1.54) is 12.1 Å². The second kappa shape index (κ2) is 4.63. The van der Waals surface area contributed by atoms with E-state index in [1.54, 1.807) is 6.07 Å². The Morgan fingerprint density at radius 2 is 2.29 bits per heavy atom. The molecule has 0 aromatic heterocycles. The quantitative estimate of drug-likeness (QED) is 0.744. The Morgan fingerprint density at radius 3 is 2.88 bits per heavy atom. The summed E-state index contributed by atoms with van der Waals surface area (Å²) in [4.78, 5) is 22.7. The summed E-state index contributed by atoms with van der Waals surface area (Å²) in [6.07, 6.45) is 0.855. The van der Waals surface area contributed by atoms with Crippen LogP contribution in [0.2, 0.25) is 5.02 Å². The van der Waals surface area contributed by atoms with Crippen LogP contribution in [0.15, 0.2) is 18.2 Å². The molecule has 2 amide bonds. The van der Waals surface area contributed by atoms with Gasteiger partial charge in [0.15, 0.2) is 0 Å². The van der Waals surface area contributed by atoms with Gasteiger partial charge in [-0.3, -0.25) is 9.59 Å². The maximum absolute atomic E-state index is 11.7. The van der Waals surface area contributed by atoms with Crippen LogP contribution in [0.25, 0.3) is 0 Å². The van der Waals surface area contributed by atoms with Gasteiger partial charge in [0.25, 0.3) is 0 Å². The number of rotatable bonds is 2. The van der Waals surface area contributed by atoms with Gasteiger partial charge in [-0.1, -0.05) is 11.6 Å². The van der Waals surface area contributed by atoms with Crippen molar-refractivity contribution < 1.29 is 14.7 Å². The van der Waals surface area contributed by atoms with Crippen molar-refractivity contribution in [2.75, 3.05) is 5.32 Å². The molecule has 1 saturated heterocycles. The van der Waals surface area contributed by atoms with Gasteiger partial charge in [0.1, 0.15) is 11.8 Å². The van der Waals surface area contributed by atoms with Crippen LogP contribution in [-0.4, -0.2) is 23.0 Å². The number of phenolic OH excluding ortho intramolecular Hbond substituents is 1. The molecule has 1 aromatic carbocycles. The predicted molar refractivity (Wildman–Crippen MR) is 62.9 cm³/mol. The summed E-state index contributed by atoms with van der Waals surface area (Å²) < 4.78 is 0. The lowest BCUT2D eigenvalue weighted by molar-refractivity contribution is -0.122. The summed E-state index contributed by atoms with van der Waals surface area (Å²) in [5, 5.41) is 14.7. The SMILES string of the molecule is O=C1CC[C@@H](C(=O)Nc2ccc(Cl)c(O)c2)N1. The highest BCUT2D eigenvalue weighted by molar-refractivity contribution is 6.32. The standard InChI is InChI=1S/C11H11ClN2O3/c12-7-2-1-6(5-9(7)15)13-11(17)8-3-4-10(16)14-8/h1-2,5,8,15H,3-4H2,(H,13,17)(H,14,16)/t8-/m0/s1. The van der Waals surface area contributed by atoms with Gasteiger partial charge in [-0.15, -0.1) is 0 Å². The van der Waals surface area contributed by atoms with Crippen LogP contribution in [0.4, 0.5) is 5.69 Å². The Morgan fingerprint density at radius 1 is 1.53 bits per heavy atom. The van der Waals surface area contributed by atoms with Crippen molar-refractivity contribution in [3.05, 3.63) is 23.2 Å². The van der Waals surface area contributed by atoms with Crippen LogP contribution < -0.4 is 10.6 Å². The number of hydrogen-bond donors (Lipinski definition) is 3. The number of aromatic hydroxyl groups is 1. The predicted octanol–water partition coefficient (Wildman–Crippen LogP) is 1.26. The van der Waals surface area contributed by atoms with Crippen LogP contribution in [0, 0.1) is 0 Å². The number of carbonyl (C=O) groups excluding carboxylic acids is 2. The minimum Gasteiger partial charge on any atom is -0.506 e. The van der Waals surface area contributed by atoms with Crippen molar-refractivity contribution in [2.24, 2.45) is 0 Å². The van der Waals surface area contributed by atoms with Gasteiger partial charge in [-0.25, -0.2) is 0 Å². The summed E-state index contributed by atoms with van der Waals surface area (Å²) in [6, 6.07) is 3.92. The molecule has 17 heavy (non-hydrogen) atoms. The number of anilines is 1. The molecule has 5 nitrogen and oxygen atoms in total. The maximum atomic E-state index is 11.7. The smallest absolute Gasteiger partial charge is 0.246 e. The van der Waals surface area contributed by atoms with Crippen LogP contribution in [0.5, 0.6) is 5.75 Å². The molecule has 1 aliphatic heterocycles. The van der Waals surface area contributed by atoms with E-state index >= 15 is 0 Å². The molecular formula is C11H11ClN2O3. The molecule has 1 aromatic rings. The minimum atomic E-state index is -0.500. The Bertz CT molecular complexity index is 476. The first-order valence-electron chi connectivity index (χ1n) is 5.15. The molecule has 1 aliphatic rings. The van der Waals surface area contributed by atoms with Crippen molar-refractivity contribution in [2.45, 2.75) is 18.9 Å². The van der Waals surface area contributed by atoms with Gasteiger partial charge in [0, 0.05) is 18.2 Å². The number of phenols is 1. The lowest BCUT2D eigenvalue weighted by Crippen LogP contribution is -2.37. The summed E-state index contributed by atoms with van der Waals surface area (Å²) in [5.41, 5.74) is 0.443. The molecule has 0 saturated carbocycles. The lowest BCUT2D eigenvalue weighted by Gasteiger charge is -2.11. The maximum Gasteiger partial charge on any atom is 0.246 e. The second-order valence-corrected chi connectivity index (χ2v) is 4.22. The minimum absolute atomic E-state index is 0.0973. The van der Waals surface area contributed by atoms with E-state index in [-0.39, 0.29) is 22.6 Å². The molecule has 0 radical (unpaired) electrons. The highest BCUT2D eigenvalue weighted by Gasteiger charge is 2.27. The Hall–Kier alpha value is -1.75. The number of nitrogens with one attached hydrogen (secondary N) is 2. The lowest BCUT2D eigenvalue weighted by atomic mass is 10.2.